The molecule has 2 heterocycles. The van der Waals surface area contributed by atoms with Gasteiger partial charge in [-0.3, -0.25) is 19.4 Å². The van der Waals surface area contributed by atoms with Gasteiger partial charge in [-0.1, -0.05) is 6.92 Å². The van der Waals surface area contributed by atoms with Crippen LogP contribution in [0.4, 0.5) is 0 Å². The van der Waals surface area contributed by atoms with E-state index in [0.717, 1.165) is 26.2 Å². The Kier molecular flexibility index (Phi) is 7.59. The zero-order valence-electron chi connectivity index (χ0n) is 15.5. The van der Waals surface area contributed by atoms with Crippen LogP contribution in [0.1, 0.15) is 13.3 Å². The van der Waals surface area contributed by atoms with E-state index in [9.17, 15) is 14.7 Å². The van der Waals surface area contributed by atoms with Gasteiger partial charge in [0.15, 0.2) is 0 Å². The fourth-order valence-corrected chi connectivity index (χ4v) is 3.22. The molecule has 0 aliphatic carbocycles. The van der Waals surface area contributed by atoms with Crippen LogP contribution in [0.25, 0.3) is 0 Å². The van der Waals surface area contributed by atoms with Crippen molar-refractivity contribution in [3.05, 3.63) is 0 Å². The monoisotopic (exact) mass is 344 g/mol. The summed E-state index contributed by atoms with van der Waals surface area (Å²) in [4.78, 5) is 29.8. The second-order valence-electron chi connectivity index (χ2n) is 6.95. The number of carboxylic acid groups (broad SMARTS) is 2. The number of nitrogens with zero attached hydrogens (tertiary/aromatic N) is 4. The van der Waals surface area contributed by atoms with Crippen molar-refractivity contribution in [1.29, 1.82) is 0 Å². The summed E-state index contributed by atoms with van der Waals surface area (Å²) in [5, 5.41) is 18.0. The molecule has 24 heavy (non-hydrogen) atoms. The number of carbonyl (C=O) groups is 2. The van der Waals surface area contributed by atoms with E-state index >= 15 is 0 Å². The van der Waals surface area contributed by atoms with Crippen molar-refractivity contribution >= 4 is 11.9 Å². The van der Waals surface area contributed by atoms with Gasteiger partial charge in [-0.05, 0) is 34.6 Å². The molecule has 2 rings (SSSR count). The van der Waals surface area contributed by atoms with Crippen molar-refractivity contribution in [1.82, 2.24) is 19.6 Å². The summed E-state index contributed by atoms with van der Waals surface area (Å²) in [6.45, 7) is 6.76. The Hall–Kier alpha value is -1.22. The molecule has 2 fully saturated rings. The molecule has 0 radical (unpaired) electrons. The number of hydrogen-bond donors (Lipinski definition) is 2. The molecule has 0 aromatic rings. The second-order valence-corrected chi connectivity index (χ2v) is 6.95. The van der Waals surface area contributed by atoms with Gasteiger partial charge in [0.05, 0.1) is 0 Å². The first kappa shape index (κ1) is 20.8. The van der Waals surface area contributed by atoms with E-state index in [2.05, 4.69) is 4.90 Å². The SMILES string of the molecule is CCC1(C(=O)O)CN(C)CCN1C.CN1CCN(C)C(C(=O)O)C1. The number of rotatable bonds is 3. The molecular weight excluding hydrogens is 312 g/mol. The maximum absolute atomic E-state index is 11.2. The van der Waals surface area contributed by atoms with Crippen LogP contribution < -0.4 is 0 Å². The summed E-state index contributed by atoms with van der Waals surface area (Å²) in [5.74, 6) is -1.43. The van der Waals surface area contributed by atoms with Crippen LogP contribution in [0.3, 0.4) is 0 Å². The number of aliphatic carboxylic acids is 2. The third-order valence-corrected chi connectivity index (χ3v) is 5.20. The highest BCUT2D eigenvalue weighted by atomic mass is 16.4. The Morgan fingerprint density at radius 1 is 1.00 bits per heavy atom. The molecule has 8 heteroatoms. The summed E-state index contributed by atoms with van der Waals surface area (Å²) in [6, 6.07) is -0.325. The normalized spacial score (nSPS) is 30.5. The smallest absolute Gasteiger partial charge is 0.325 e. The highest BCUT2D eigenvalue weighted by Gasteiger charge is 2.44. The lowest BCUT2D eigenvalue weighted by Gasteiger charge is -2.45. The van der Waals surface area contributed by atoms with Crippen molar-refractivity contribution in [2.45, 2.75) is 24.9 Å². The van der Waals surface area contributed by atoms with Gasteiger partial charge < -0.3 is 20.0 Å². The number of hydrogen-bond acceptors (Lipinski definition) is 6. The molecule has 2 aliphatic heterocycles. The van der Waals surface area contributed by atoms with Crippen molar-refractivity contribution in [2.75, 3.05) is 67.5 Å². The zero-order chi connectivity index (χ0) is 18.5. The van der Waals surface area contributed by atoms with Crippen molar-refractivity contribution < 1.29 is 19.8 Å². The number of carboxylic acids is 2. The highest BCUT2D eigenvalue weighted by Crippen LogP contribution is 2.23. The van der Waals surface area contributed by atoms with E-state index < -0.39 is 17.5 Å². The molecule has 2 unspecified atom stereocenters. The maximum atomic E-state index is 11.2. The predicted molar refractivity (Wildman–Crippen MR) is 92.3 cm³/mol. The highest BCUT2D eigenvalue weighted by molar-refractivity contribution is 5.79. The summed E-state index contributed by atoms with van der Waals surface area (Å²) >= 11 is 0. The quantitative estimate of drug-likeness (QED) is 0.703. The van der Waals surface area contributed by atoms with E-state index in [1.165, 1.54) is 0 Å². The number of piperazine rings is 2. The number of likely N-dealkylation sites (N-methyl/N-ethyl adjacent to an activating group) is 4. The Bertz CT molecular complexity index is 448. The average Bonchev–Trinajstić information content (AvgIpc) is 2.52. The molecular formula is C16H32N4O4. The summed E-state index contributed by atoms with van der Waals surface area (Å²) < 4.78 is 0. The van der Waals surface area contributed by atoms with Crippen LogP contribution in [-0.2, 0) is 9.59 Å². The Labute approximate surface area is 144 Å². The summed E-state index contributed by atoms with van der Waals surface area (Å²) in [7, 11) is 7.67. The van der Waals surface area contributed by atoms with Crippen LogP contribution in [0, 0.1) is 0 Å². The molecule has 0 spiro atoms. The summed E-state index contributed by atoms with van der Waals surface area (Å²) in [6.07, 6.45) is 0.656. The molecule has 0 amide bonds. The first-order valence-electron chi connectivity index (χ1n) is 8.38. The standard InChI is InChI=1S/C9H18N2O2.C7H14N2O2/c1-4-9(8(12)13)7-10(2)5-6-11(9)3;1-8-3-4-9(2)6(5-8)7(10)11/h4-7H2,1-3H3,(H,12,13);6H,3-5H2,1-2H3,(H,10,11). The van der Waals surface area contributed by atoms with E-state index in [4.69, 9.17) is 5.11 Å². The molecule has 8 nitrogen and oxygen atoms in total. The van der Waals surface area contributed by atoms with E-state index in [1.54, 1.807) is 0 Å². The average molecular weight is 344 g/mol. The van der Waals surface area contributed by atoms with Crippen LogP contribution in [0.2, 0.25) is 0 Å². The van der Waals surface area contributed by atoms with Gasteiger partial charge in [-0.25, -0.2) is 0 Å². The predicted octanol–water partition coefficient (Wildman–Crippen LogP) is -0.586. The Balaban J connectivity index is 0.000000243. The molecule has 0 saturated carbocycles. The zero-order valence-corrected chi connectivity index (χ0v) is 15.5. The van der Waals surface area contributed by atoms with Gasteiger partial charge in [-0.15, -0.1) is 0 Å². The first-order valence-corrected chi connectivity index (χ1v) is 8.38. The van der Waals surface area contributed by atoms with Gasteiger partial charge in [0.1, 0.15) is 11.6 Å². The lowest BCUT2D eigenvalue weighted by atomic mass is 9.91. The molecule has 2 atom stereocenters. The van der Waals surface area contributed by atoms with Crippen molar-refractivity contribution in [2.24, 2.45) is 0 Å². The molecule has 2 saturated heterocycles. The van der Waals surface area contributed by atoms with Crippen LogP contribution >= 0.6 is 0 Å². The van der Waals surface area contributed by atoms with E-state index in [-0.39, 0.29) is 6.04 Å². The lowest BCUT2D eigenvalue weighted by molar-refractivity contribution is -0.155. The van der Waals surface area contributed by atoms with Crippen LogP contribution in [-0.4, -0.2) is 121 Å². The molecule has 140 valence electrons. The largest absolute Gasteiger partial charge is 0.480 e. The van der Waals surface area contributed by atoms with Gasteiger partial charge in [0.2, 0.25) is 0 Å². The maximum Gasteiger partial charge on any atom is 0.325 e. The molecule has 0 bridgehead atoms. The Morgan fingerprint density at radius 2 is 1.58 bits per heavy atom. The second kappa shape index (κ2) is 8.75. The van der Waals surface area contributed by atoms with Crippen molar-refractivity contribution in [3.63, 3.8) is 0 Å². The molecule has 0 aromatic carbocycles. The van der Waals surface area contributed by atoms with E-state index in [1.807, 2.05) is 49.8 Å². The molecule has 2 aliphatic rings. The van der Waals surface area contributed by atoms with Gasteiger partial charge in [0.25, 0.3) is 0 Å². The topological polar surface area (TPSA) is 87.6 Å². The minimum Gasteiger partial charge on any atom is -0.480 e. The Morgan fingerprint density at radius 3 is 2.00 bits per heavy atom. The van der Waals surface area contributed by atoms with Crippen LogP contribution in [0.5, 0.6) is 0 Å². The first-order chi connectivity index (χ1) is 11.1. The van der Waals surface area contributed by atoms with Crippen molar-refractivity contribution in [3.8, 4) is 0 Å². The van der Waals surface area contributed by atoms with Crippen LogP contribution in [0.15, 0.2) is 0 Å². The van der Waals surface area contributed by atoms with Gasteiger partial charge in [0, 0.05) is 39.3 Å². The minimum absolute atomic E-state index is 0.325. The fourth-order valence-electron chi connectivity index (χ4n) is 3.22. The summed E-state index contributed by atoms with van der Waals surface area (Å²) in [5.41, 5.74) is -0.674. The third kappa shape index (κ3) is 4.89. The molecule has 0 aromatic heterocycles. The third-order valence-electron chi connectivity index (χ3n) is 5.20. The van der Waals surface area contributed by atoms with Gasteiger partial charge >= 0.3 is 11.9 Å². The lowest BCUT2D eigenvalue weighted by Crippen LogP contribution is -2.63. The molecule has 2 N–H and O–H groups in total. The fraction of sp³-hybridized carbons (Fsp3) is 0.875. The van der Waals surface area contributed by atoms with E-state index in [0.29, 0.717) is 19.5 Å². The van der Waals surface area contributed by atoms with Gasteiger partial charge in [-0.2, -0.15) is 0 Å². The minimum atomic E-state index is -0.723.